The Bertz CT molecular complexity index is 387. The highest BCUT2D eigenvalue weighted by atomic mass is 16.4. The second kappa shape index (κ2) is 5.95. The van der Waals surface area contributed by atoms with Gasteiger partial charge in [-0.05, 0) is 12.8 Å². The van der Waals surface area contributed by atoms with E-state index in [1.807, 2.05) is 0 Å². The maximum atomic E-state index is 11.7. The van der Waals surface area contributed by atoms with E-state index in [-0.39, 0.29) is 19.4 Å². The summed E-state index contributed by atoms with van der Waals surface area (Å²) in [6.45, 7) is -1.02. The van der Waals surface area contributed by atoms with Crippen molar-refractivity contribution in [3.05, 3.63) is 0 Å². The zero-order chi connectivity index (χ0) is 14.6. The summed E-state index contributed by atoms with van der Waals surface area (Å²) >= 11 is 0. The Kier molecular flexibility index (Phi) is 4.81. The van der Waals surface area contributed by atoms with Crippen LogP contribution in [0.25, 0.3) is 0 Å². The Morgan fingerprint density at radius 3 is 2.63 bits per heavy atom. The van der Waals surface area contributed by atoms with Gasteiger partial charge in [0.2, 0.25) is 5.91 Å². The van der Waals surface area contributed by atoms with Crippen LogP contribution in [0.5, 0.6) is 0 Å². The molecule has 0 radical (unpaired) electrons. The van der Waals surface area contributed by atoms with Crippen molar-refractivity contribution in [2.45, 2.75) is 30.5 Å². The molecule has 2 amide bonds. The first-order valence-corrected chi connectivity index (χ1v) is 5.71. The van der Waals surface area contributed by atoms with E-state index < -0.39 is 42.1 Å². The lowest BCUT2D eigenvalue weighted by Crippen LogP contribution is -2.63. The zero-order valence-electron chi connectivity index (χ0n) is 10.1. The van der Waals surface area contributed by atoms with Crippen molar-refractivity contribution in [2.75, 3.05) is 13.2 Å². The minimum absolute atomic E-state index is 0.00425. The number of carbonyl (C=O) groups excluding carboxylic acids is 2. The predicted molar refractivity (Wildman–Crippen MR) is 61.8 cm³/mol. The van der Waals surface area contributed by atoms with Gasteiger partial charge in [0.1, 0.15) is 12.1 Å². The Morgan fingerprint density at radius 2 is 2.21 bits per heavy atom. The SMILES string of the molecule is NC[C@]1(O)CC[C@@H](C(=O)N[C@@H](CO)C(=O)O)NC1=O. The van der Waals surface area contributed by atoms with Gasteiger partial charge in [-0.1, -0.05) is 0 Å². The van der Waals surface area contributed by atoms with Crippen molar-refractivity contribution in [1.82, 2.24) is 10.6 Å². The van der Waals surface area contributed by atoms with Crippen LogP contribution in [-0.2, 0) is 14.4 Å². The minimum Gasteiger partial charge on any atom is -0.480 e. The number of nitrogens with two attached hydrogens (primary N) is 1. The average molecular weight is 275 g/mol. The van der Waals surface area contributed by atoms with Gasteiger partial charge in [0.15, 0.2) is 5.60 Å². The van der Waals surface area contributed by atoms with Gasteiger partial charge in [0.25, 0.3) is 5.91 Å². The van der Waals surface area contributed by atoms with Crippen LogP contribution >= 0.6 is 0 Å². The van der Waals surface area contributed by atoms with Crippen molar-refractivity contribution in [3.63, 3.8) is 0 Å². The molecule has 0 aromatic rings. The molecule has 0 bridgehead atoms. The van der Waals surface area contributed by atoms with Crippen LogP contribution in [0.1, 0.15) is 12.8 Å². The topological polar surface area (TPSA) is 162 Å². The lowest BCUT2D eigenvalue weighted by molar-refractivity contribution is -0.148. The van der Waals surface area contributed by atoms with E-state index in [0.29, 0.717) is 0 Å². The maximum absolute atomic E-state index is 11.7. The smallest absolute Gasteiger partial charge is 0.328 e. The summed E-state index contributed by atoms with van der Waals surface area (Å²) in [5, 5.41) is 31.6. The molecule has 108 valence electrons. The van der Waals surface area contributed by atoms with E-state index in [9.17, 15) is 19.5 Å². The fourth-order valence-corrected chi connectivity index (χ4v) is 1.71. The van der Waals surface area contributed by atoms with E-state index in [1.54, 1.807) is 0 Å². The van der Waals surface area contributed by atoms with Crippen molar-refractivity contribution >= 4 is 17.8 Å². The van der Waals surface area contributed by atoms with Crippen LogP contribution in [0.4, 0.5) is 0 Å². The van der Waals surface area contributed by atoms with Crippen LogP contribution < -0.4 is 16.4 Å². The number of aliphatic hydroxyl groups excluding tert-OH is 1. The van der Waals surface area contributed by atoms with Crippen LogP contribution in [0.15, 0.2) is 0 Å². The average Bonchev–Trinajstić information content (AvgIpc) is 2.38. The van der Waals surface area contributed by atoms with Crippen molar-refractivity contribution in [1.29, 1.82) is 0 Å². The fourth-order valence-electron chi connectivity index (χ4n) is 1.71. The number of hydrogen-bond acceptors (Lipinski definition) is 6. The molecule has 1 aliphatic rings. The van der Waals surface area contributed by atoms with E-state index in [2.05, 4.69) is 10.6 Å². The van der Waals surface area contributed by atoms with Crippen LogP contribution in [0.2, 0.25) is 0 Å². The summed E-state index contributed by atoms with van der Waals surface area (Å²) in [4.78, 5) is 33.9. The number of nitrogens with one attached hydrogen (secondary N) is 2. The number of carboxylic acids is 1. The van der Waals surface area contributed by atoms with Crippen molar-refractivity contribution < 1.29 is 29.7 Å². The Labute approximate surface area is 108 Å². The molecular weight excluding hydrogens is 258 g/mol. The summed E-state index contributed by atoms with van der Waals surface area (Å²) in [6.07, 6.45) is 0.132. The first-order chi connectivity index (χ1) is 8.84. The van der Waals surface area contributed by atoms with E-state index in [0.717, 1.165) is 0 Å². The largest absolute Gasteiger partial charge is 0.480 e. The number of aliphatic hydroxyl groups is 2. The van der Waals surface area contributed by atoms with E-state index in [1.165, 1.54) is 0 Å². The first-order valence-electron chi connectivity index (χ1n) is 5.71. The summed E-state index contributed by atoms with van der Waals surface area (Å²) < 4.78 is 0. The van der Waals surface area contributed by atoms with Gasteiger partial charge in [-0.3, -0.25) is 9.59 Å². The number of amides is 2. The number of hydrogen-bond donors (Lipinski definition) is 6. The van der Waals surface area contributed by atoms with E-state index >= 15 is 0 Å². The minimum atomic E-state index is -1.69. The standard InChI is InChI=1S/C10H17N3O6/c11-4-10(19)2-1-5(13-9(10)18)7(15)12-6(3-14)8(16)17/h5-6,14,19H,1-4,11H2,(H,12,15)(H,13,18)(H,16,17)/t5-,6-,10+/m0/s1. The van der Waals surface area contributed by atoms with Crippen LogP contribution in [0, 0.1) is 0 Å². The number of aliphatic carboxylic acids is 1. The van der Waals surface area contributed by atoms with Gasteiger partial charge in [0.05, 0.1) is 6.61 Å². The fraction of sp³-hybridized carbons (Fsp3) is 0.700. The third-order valence-electron chi connectivity index (χ3n) is 3.03. The normalized spacial score (nSPS) is 28.4. The Balaban J connectivity index is 2.61. The third kappa shape index (κ3) is 3.40. The van der Waals surface area contributed by atoms with Crippen LogP contribution in [0.3, 0.4) is 0 Å². The highest BCUT2D eigenvalue weighted by molar-refractivity contribution is 5.94. The molecule has 1 saturated heterocycles. The van der Waals surface area contributed by atoms with Gasteiger partial charge < -0.3 is 31.7 Å². The molecule has 7 N–H and O–H groups in total. The zero-order valence-corrected chi connectivity index (χ0v) is 10.1. The molecule has 0 aromatic heterocycles. The number of rotatable bonds is 5. The van der Waals surface area contributed by atoms with Crippen LogP contribution in [-0.4, -0.2) is 63.9 Å². The summed E-state index contributed by atoms with van der Waals surface area (Å²) in [5.41, 5.74) is 3.57. The highest BCUT2D eigenvalue weighted by Crippen LogP contribution is 2.19. The third-order valence-corrected chi connectivity index (χ3v) is 3.03. The lowest BCUT2D eigenvalue weighted by Gasteiger charge is -2.34. The molecule has 1 heterocycles. The first kappa shape index (κ1) is 15.3. The molecule has 0 aromatic carbocycles. The molecule has 0 spiro atoms. The van der Waals surface area contributed by atoms with Crippen molar-refractivity contribution in [2.24, 2.45) is 5.73 Å². The monoisotopic (exact) mass is 275 g/mol. The predicted octanol–water partition coefficient (Wildman–Crippen LogP) is -3.48. The molecule has 3 atom stereocenters. The molecule has 1 rings (SSSR count). The van der Waals surface area contributed by atoms with Gasteiger partial charge in [0, 0.05) is 6.54 Å². The molecule has 9 heteroatoms. The van der Waals surface area contributed by atoms with Gasteiger partial charge in [-0.2, -0.15) is 0 Å². The molecule has 0 unspecified atom stereocenters. The molecule has 9 nitrogen and oxygen atoms in total. The molecule has 19 heavy (non-hydrogen) atoms. The lowest BCUT2D eigenvalue weighted by atomic mass is 9.89. The molecule has 1 fully saturated rings. The van der Waals surface area contributed by atoms with Gasteiger partial charge in [-0.15, -0.1) is 0 Å². The maximum Gasteiger partial charge on any atom is 0.328 e. The number of piperidine rings is 1. The quantitative estimate of drug-likeness (QED) is 0.303. The van der Waals surface area contributed by atoms with Gasteiger partial charge >= 0.3 is 5.97 Å². The highest BCUT2D eigenvalue weighted by Gasteiger charge is 2.42. The summed E-state index contributed by atoms with van der Waals surface area (Å²) in [7, 11) is 0. The summed E-state index contributed by atoms with van der Waals surface area (Å²) in [5.74, 6) is -2.87. The Morgan fingerprint density at radius 1 is 1.58 bits per heavy atom. The van der Waals surface area contributed by atoms with E-state index in [4.69, 9.17) is 15.9 Å². The van der Waals surface area contributed by atoms with Crippen molar-refractivity contribution in [3.8, 4) is 0 Å². The second-order valence-electron chi connectivity index (χ2n) is 4.38. The Hall–Kier alpha value is -1.71. The van der Waals surface area contributed by atoms with Gasteiger partial charge in [-0.25, -0.2) is 4.79 Å². The summed E-state index contributed by atoms with van der Waals surface area (Å²) in [6, 6.07) is -2.38. The molecule has 0 aliphatic carbocycles. The number of carboxylic acid groups (broad SMARTS) is 1. The molecule has 1 aliphatic heterocycles. The molecular formula is C10H17N3O6. The molecule has 0 saturated carbocycles. The number of carbonyl (C=O) groups is 3. The second-order valence-corrected chi connectivity index (χ2v) is 4.38.